The average molecular weight is 531 g/mol. The summed E-state index contributed by atoms with van der Waals surface area (Å²) in [6, 6.07) is 56.3. The van der Waals surface area contributed by atoms with Crippen LogP contribution in [0.25, 0.3) is 43.8 Å². The second-order valence-corrected chi connectivity index (χ2v) is 12.9. The number of hydrogen-bond acceptors (Lipinski definition) is 1. The van der Waals surface area contributed by atoms with E-state index in [1.807, 2.05) is 54.6 Å². The first-order valence-corrected chi connectivity index (χ1v) is 15.2. The molecule has 7 aromatic carbocycles. The lowest BCUT2D eigenvalue weighted by Gasteiger charge is -2.21. The van der Waals surface area contributed by atoms with Crippen LogP contribution < -0.4 is 15.9 Å². The summed E-state index contributed by atoms with van der Waals surface area (Å²) in [7, 11) is -3.16. The maximum Gasteiger partial charge on any atom is 0.171 e. The SMILES string of the molecule is O=P(c1ccccc1)(c1ccc2ccc(-c3ccccc3)cc2c1)c1ccc2ccc(-c3ccccc3)cc2c1. The first kappa shape index (κ1) is 24.3. The minimum absolute atomic E-state index is 0.840. The predicted molar refractivity (Wildman–Crippen MR) is 172 cm³/mol. The molecule has 0 aliphatic rings. The lowest BCUT2D eigenvalue weighted by molar-refractivity contribution is 0.592. The molecule has 40 heavy (non-hydrogen) atoms. The molecule has 0 amide bonds. The second-order valence-electron chi connectivity index (χ2n) is 10.2. The Kier molecular flexibility index (Phi) is 6.16. The maximum absolute atomic E-state index is 15.4. The molecule has 1 nitrogen and oxygen atoms in total. The fraction of sp³-hybridized carbons (Fsp3) is 0. The molecule has 7 aromatic rings. The molecule has 0 spiro atoms. The summed E-state index contributed by atoms with van der Waals surface area (Å²) in [5.74, 6) is 0. The number of benzene rings is 7. The van der Waals surface area contributed by atoms with Gasteiger partial charge in [-0.15, -0.1) is 0 Å². The number of rotatable bonds is 5. The van der Waals surface area contributed by atoms with Crippen molar-refractivity contribution >= 4 is 44.6 Å². The van der Waals surface area contributed by atoms with Gasteiger partial charge in [-0.05, 0) is 68.1 Å². The van der Waals surface area contributed by atoms with Gasteiger partial charge in [0.05, 0.1) is 0 Å². The standard InChI is InChI=1S/C38H27OP/c39-40(36-14-8-3-9-15-36,37-22-20-30-16-18-32(24-34(30)26-37)28-10-4-1-5-11-28)38-23-21-31-17-19-33(25-35(31)27-38)29-12-6-2-7-13-29/h1-27H. The van der Waals surface area contributed by atoms with Crippen LogP contribution in [0, 0.1) is 0 Å². The summed E-state index contributed by atoms with van der Waals surface area (Å²) in [5, 5.41) is 6.96. The summed E-state index contributed by atoms with van der Waals surface area (Å²) in [6.07, 6.45) is 0. The molecule has 2 heteroatoms. The molecule has 190 valence electrons. The van der Waals surface area contributed by atoms with Crippen molar-refractivity contribution in [2.24, 2.45) is 0 Å². The largest absolute Gasteiger partial charge is 0.309 e. The maximum atomic E-state index is 15.4. The Hall–Kier alpha value is -4.71. The quantitative estimate of drug-likeness (QED) is 0.203. The van der Waals surface area contributed by atoms with Crippen LogP contribution in [0.1, 0.15) is 0 Å². The van der Waals surface area contributed by atoms with E-state index in [9.17, 15) is 0 Å². The van der Waals surface area contributed by atoms with Gasteiger partial charge in [-0.3, -0.25) is 0 Å². The van der Waals surface area contributed by atoms with Gasteiger partial charge in [0, 0.05) is 15.9 Å². The molecular formula is C38H27OP. The van der Waals surface area contributed by atoms with E-state index in [4.69, 9.17) is 0 Å². The molecule has 0 bridgehead atoms. The van der Waals surface area contributed by atoms with E-state index in [1.54, 1.807) is 0 Å². The van der Waals surface area contributed by atoms with E-state index in [-0.39, 0.29) is 0 Å². The van der Waals surface area contributed by atoms with Crippen LogP contribution in [0.4, 0.5) is 0 Å². The Labute approximate surface area is 234 Å². The third-order valence-corrected chi connectivity index (χ3v) is 10.7. The fourth-order valence-electron chi connectivity index (χ4n) is 5.57. The van der Waals surface area contributed by atoms with Crippen LogP contribution in [0.2, 0.25) is 0 Å². The van der Waals surface area contributed by atoms with Gasteiger partial charge >= 0.3 is 0 Å². The molecule has 0 radical (unpaired) electrons. The van der Waals surface area contributed by atoms with Crippen LogP contribution in [-0.4, -0.2) is 0 Å². The van der Waals surface area contributed by atoms with Crippen molar-refractivity contribution in [3.05, 3.63) is 164 Å². The molecule has 0 aromatic heterocycles. The van der Waals surface area contributed by atoms with Crippen molar-refractivity contribution in [1.29, 1.82) is 0 Å². The van der Waals surface area contributed by atoms with E-state index in [2.05, 4.69) is 109 Å². The highest BCUT2D eigenvalue weighted by Crippen LogP contribution is 2.44. The van der Waals surface area contributed by atoms with Crippen LogP contribution in [0.15, 0.2) is 164 Å². The van der Waals surface area contributed by atoms with Crippen LogP contribution in [-0.2, 0) is 4.57 Å². The summed E-state index contributed by atoms with van der Waals surface area (Å²) in [6.45, 7) is 0. The van der Waals surface area contributed by atoms with Gasteiger partial charge < -0.3 is 4.57 Å². The van der Waals surface area contributed by atoms with Crippen molar-refractivity contribution in [1.82, 2.24) is 0 Å². The lowest BCUT2D eigenvalue weighted by Crippen LogP contribution is -2.25. The summed E-state index contributed by atoms with van der Waals surface area (Å²) < 4.78 is 15.4. The average Bonchev–Trinajstić information content (AvgIpc) is 3.04. The minimum atomic E-state index is -3.16. The van der Waals surface area contributed by atoms with Crippen LogP contribution >= 0.6 is 7.14 Å². The van der Waals surface area contributed by atoms with Crippen molar-refractivity contribution < 1.29 is 4.57 Å². The first-order chi connectivity index (χ1) is 19.7. The van der Waals surface area contributed by atoms with Gasteiger partial charge in [-0.1, -0.05) is 140 Å². The zero-order valence-corrected chi connectivity index (χ0v) is 22.8. The molecule has 0 saturated carbocycles. The molecule has 0 atom stereocenters. The number of fused-ring (bicyclic) bond motifs is 2. The highest BCUT2D eigenvalue weighted by atomic mass is 31.2. The summed E-state index contributed by atoms with van der Waals surface area (Å²) in [4.78, 5) is 0. The van der Waals surface area contributed by atoms with Gasteiger partial charge in [0.25, 0.3) is 0 Å². The molecule has 0 unspecified atom stereocenters. The lowest BCUT2D eigenvalue weighted by atomic mass is 10.0. The van der Waals surface area contributed by atoms with Crippen molar-refractivity contribution in [3.8, 4) is 22.3 Å². The van der Waals surface area contributed by atoms with Crippen LogP contribution in [0.5, 0.6) is 0 Å². The monoisotopic (exact) mass is 530 g/mol. The third-order valence-electron chi connectivity index (χ3n) is 7.71. The smallest absolute Gasteiger partial charge is 0.171 e. The zero-order valence-electron chi connectivity index (χ0n) is 21.9. The van der Waals surface area contributed by atoms with Crippen molar-refractivity contribution in [2.45, 2.75) is 0 Å². The predicted octanol–water partition coefficient (Wildman–Crippen LogP) is 8.97. The Balaban J connectivity index is 1.41. The molecular weight excluding hydrogens is 503 g/mol. The highest BCUT2D eigenvalue weighted by molar-refractivity contribution is 7.85. The summed E-state index contributed by atoms with van der Waals surface area (Å²) in [5.41, 5.74) is 4.65. The molecule has 0 fully saturated rings. The highest BCUT2D eigenvalue weighted by Gasteiger charge is 2.30. The van der Waals surface area contributed by atoms with Gasteiger partial charge in [-0.2, -0.15) is 0 Å². The Morgan fingerprint density at radius 1 is 0.300 bits per heavy atom. The molecule has 0 heterocycles. The van der Waals surface area contributed by atoms with Gasteiger partial charge in [0.1, 0.15) is 0 Å². The first-order valence-electron chi connectivity index (χ1n) is 13.5. The second kappa shape index (κ2) is 10.1. The Morgan fingerprint density at radius 3 is 1.15 bits per heavy atom. The van der Waals surface area contributed by atoms with E-state index in [0.717, 1.165) is 48.6 Å². The molecule has 0 aliphatic carbocycles. The number of hydrogen-bond donors (Lipinski definition) is 0. The molecule has 0 aliphatic heterocycles. The third kappa shape index (κ3) is 4.35. The topological polar surface area (TPSA) is 17.1 Å². The Morgan fingerprint density at radius 2 is 0.700 bits per heavy atom. The zero-order chi connectivity index (χ0) is 26.9. The van der Waals surface area contributed by atoms with E-state index >= 15 is 4.57 Å². The van der Waals surface area contributed by atoms with E-state index in [1.165, 1.54) is 11.1 Å². The van der Waals surface area contributed by atoms with Crippen molar-refractivity contribution in [2.75, 3.05) is 0 Å². The molecule has 7 rings (SSSR count). The van der Waals surface area contributed by atoms with Crippen LogP contribution in [0.3, 0.4) is 0 Å². The summed E-state index contributed by atoms with van der Waals surface area (Å²) >= 11 is 0. The Bertz CT molecular complexity index is 1890. The van der Waals surface area contributed by atoms with Gasteiger partial charge in [0.15, 0.2) is 7.14 Å². The van der Waals surface area contributed by atoms with E-state index in [0.29, 0.717) is 0 Å². The normalized spacial score (nSPS) is 11.6. The van der Waals surface area contributed by atoms with Gasteiger partial charge in [0.2, 0.25) is 0 Å². The fourth-order valence-corrected chi connectivity index (χ4v) is 8.26. The minimum Gasteiger partial charge on any atom is -0.309 e. The van der Waals surface area contributed by atoms with Gasteiger partial charge in [-0.25, -0.2) is 0 Å². The molecule has 0 saturated heterocycles. The van der Waals surface area contributed by atoms with E-state index < -0.39 is 7.14 Å². The molecule has 0 N–H and O–H groups in total. The van der Waals surface area contributed by atoms with Crippen molar-refractivity contribution in [3.63, 3.8) is 0 Å².